The SMILES string of the molecule is CNC1c2ccccc2CCCC1Cc1cnn(C)c1. The fourth-order valence-electron chi connectivity index (χ4n) is 3.53. The predicted octanol–water partition coefficient (Wildman–Crippen LogP) is 2.88. The maximum atomic E-state index is 4.30. The second-order valence-electron chi connectivity index (χ2n) is 5.84. The Hall–Kier alpha value is -1.61. The van der Waals surface area contributed by atoms with E-state index in [4.69, 9.17) is 0 Å². The molecule has 106 valence electrons. The minimum Gasteiger partial charge on any atom is -0.313 e. The minimum atomic E-state index is 0.453. The largest absolute Gasteiger partial charge is 0.313 e. The van der Waals surface area contributed by atoms with Gasteiger partial charge in [0.2, 0.25) is 0 Å². The Morgan fingerprint density at radius 3 is 2.95 bits per heavy atom. The standard InChI is InChI=1S/C17H23N3/c1-18-17-15(10-13-11-19-20(2)12-13)8-5-7-14-6-3-4-9-16(14)17/h3-4,6,9,11-12,15,17-18H,5,7-8,10H2,1-2H3. The zero-order valence-electron chi connectivity index (χ0n) is 12.3. The minimum absolute atomic E-state index is 0.453. The lowest BCUT2D eigenvalue weighted by atomic mass is 9.86. The van der Waals surface area contributed by atoms with Crippen LogP contribution in [0.5, 0.6) is 0 Å². The lowest BCUT2D eigenvalue weighted by Crippen LogP contribution is -2.26. The van der Waals surface area contributed by atoms with Crippen LogP contribution in [-0.4, -0.2) is 16.8 Å². The molecule has 2 unspecified atom stereocenters. The van der Waals surface area contributed by atoms with E-state index in [1.54, 1.807) is 0 Å². The van der Waals surface area contributed by atoms with Gasteiger partial charge in [-0.1, -0.05) is 24.3 Å². The molecular formula is C17H23N3. The Balaban J connectivity index is 1.87. The normalized spacial score (nSPS) is 22.3. The summed E-state index contributed by atoms with van der Waals surface area (Å²) in [6, 6.07) is 9.35. The Bertz CT molecular complexity index is 573. The van der Waals surface area contributed by atoms with Gasteiger partial charge in [-0.2, -0.15) is 5.10 Å². The summed E-state index contributed by atoms with van der Waals surface area (Å²) in [5.74, 6) is 0.646. The molecule has 3 rings (SSSR count). The quantitative estimate of drug-likeness (QED) is 0.868. The van der Waals surface area contributed by atoms with Gasteiger partial charge in [-0.3, -0.25) is 4.68 Å². The molecule has 0 saturated heterocycles. The third-order valence-electron chi connectivity index (χ3n) is 4.45. The predicted molar refractivity (Wildman–Crippen MR) is 81.6 cm³/mol. The Kier molecular flexibility index (Phi) is 3.88. The van der Waals surface area contributed by atoms with Crippen molar-refractivity contribution in [2.75, 3.05) is 7.05 Å². The van der Waals surface area contributed by atoms with Gasteiger partial charge in [-0.25, -0.2) is 0 Å². The number of hydrogen-bond donors (Lipinski definition) is 1. The molecule has 1 aromatic carbocycles. The Labute approximate surface area is 121 Å². The summed E-state index contributed by atoms with van der Waals surface area (Å²) in [5.41, 5.74) is 4.35. The monoisotopic (exact) mass is 269 g/mol. The highest BCUT2D eigenvalue weighted by atomic mass is 15.2. The van der Waals surface area contributed by atoms with Crippen molar-refractivity contribution in [3.05, 3.63) is 53.3 Å². The van der Waals surface area contributed by atoms with Crippen molar-refractivity contribution in [1.82, 2.24) is 15.1 Å². The molecule has 1 aliphatic rings. The van der Waals surface area contributed by atoms with Crippen molar-refractivity contribution in [3.8, 4) is 0 Å². The van der Waals surface area contributed by atoms with E-state index >= 15 is 0 Å². The van der Waals surface area contributed by atoms with Crippen LogP contribution in [0, 0.1) is 5.92 Å². The highest BCUT2D eigenvalue weighted by Gasteiger charge is 2.26. The van der Waals surface area contributed by atoms with E-state index in [9.17, 15) is 0 Å². The highest BCUT2D eigenvalue weighted by Crippen LogP contribution is 2.34. The summed E-state index contributed by atoms with van der Waals surface area (Å²) >= 11 is 0. The molecule has 0 fully saturated rings. The number of nitrogens with one attached hydrogen (secondary N) is 1. The third kappa shape index (κ3) is 2.63. The number of rotatable bonds is 3. The lowest BCUT2D eigenvalue weighted by Gasteiger charge is -2.26. The van der Waals surface area contributed by atoms with E-state index in [-0.39, 0.29) is 0 Å². The molecule has 3 nitrogen and oxygen atoms in total. The average molecular weight is 269 g/mol. The summed E-state index contributed by atoms with van der Waals surface area (Å²) in [7, 11) is 4.07. The molecule has 1 aliphatic carbocycles. The molecule has 2 atom stereocenters. The van der Waals surface area contributed by atoms with Gasteiger partial charge in [0.25, 0.3) is 0 Å². The first-order chi connectivity index (χ1) is 9.78. The molecule has 0 saturated carbocycles. The van der Waals surface area contributed by atoms with Crippen LogP contribution in [0.4, 0.5) is 0 Å². The molecular weight excluding hydrogens is 246 g/mol. The van der Waals surface area contributed by atoms with Gasteiger partial charge in [0.1, 0.15) is 0 Å². The maximum absolute atomic E-state index is 4.30. The molecule has 0 spiro atoms. The van der Waals surface area contributed by atoms with Crippen molar-refractivity contribution in [2.45, 2.75) is 31.7 Å². The first-order valence-electron chi connectivity index (χ1n) is 7.50. The van der Waals surface area contributed by atoms with E-state index in [1.807, 2.05) is 17.9 Å². The van der Waals surface area contributed by atoms with Crippen molar-refractivity contribution in [2.24, 2.45) is 13.0 Å². The summed E-state index contributed by atoms with van der Waals surface area (Å²) in [6.07, 6.45) is 9.01. The van der Waals surface area contributed by atoms with Crippen molar-refractivity contribution in [3.63, 3.8) is 0 Å². The molecule has 1 aromatic heterocycles. The van der Waals surface area contributed by atoms with E-state index in [2.05, 4.69) is 47.9 Å². The Morgan fingerprint density at radius 2 is 2.20 bits per heavy atom. The number of benzene rings is 1. The van der Waals surface area contributed by atoms with Crippen LogP contribution in [0.1, 0.15) is 35.6 Å². The van der Waals surface area contributed by atoms with Gasteiger partial charge in [-0.15, -0.1) is 0 Å². The molecule has 0 amide bonds. The molecule has 1 heterocycles. The smallest absolute Gasteiger partial charge is 0.0521 e. The molecule has 0 radical (unpaired) electrons. The number of nitrogens with zero attached hydrogens (tertiary/aromatic N) is 2. The third-order valence-corrected chi connectivity index (χ3v) is 4.45. The zero-order chi connectivity index (χ0) is 13.9. The zero-order valence-corrected chi connectivity index (χ0v) is 12.3. The molecule has 0 bridgehead atoms. The van der Waals surface area contributed by atoms with Crippen LogP contribution in [0.3, 0.4) is 0 Å². The summed E-state index contributed by atoms with van der Waals surface area (Å²) < 4.78 is 1.90. The van der Waals surface area contributed by atoms with E-state index in [0.717, 1.165) is 6.42 Å². The van der Waals surface area contributed by atoms with E-state index < -0.39 is 0 Å². The fraction of sp³-hybridized carbons (Fsp3) is 0.471. The van der Waals surface area contributed by atoms with Crippen molar-refractivity contribution >= 4 is 0 Å². The van der Waals surface area contributed by atoms with Crippen LogP contribution in [-0.2, 0) is 19.9 Å². The van der Waals surface area contributed by atoms with Crippen LogP contribution >= 0.6 is 0 Å². The summed E-state index contributed by atoms with van der Waals surface area (Å²) in [4.78, 5) is 0. The molecule has 2 aromatic rings. The van der Waals surface area contributed by atoms with Crippen LogP contribution in [0.25, 0.3) is 0 Å². The number of aryl methyl sites for hydroxylation is 2. The maximum Gasteiger partial charge on any atom is 0.0521 e. The molecule has 20 heavy (non-hydrogen) atoms. The first kappa shape index (κ1) is 13.4. The number of hydrogen-bond acceptors (Lipinski definition) is 2. The Morgan fingerprint density at radius 1 is 1.35 bits per heavy atom. The second kappa shape index (κ2) is 5.80. The number of aromatic nitrogens is 2. The van der Waals surface area contributed by atoms with Gasteiger partial charge < -0.3 is 5.32 Å². The van der Waals surface area contributed by atoms with Crippen molar-refractivity contribution in [1.29, 1.82) is 0 Å². The van der Waals surface area contributed by atoms with E-state index in [1.165, 1.54) is 36.0 Å². The molecule has 0 aliphatic heterocycles. The van der Waals surface area contributed by atoms with Gasteiger partial charge in [0.15, 0.2) is 0 Å². The van der Waals surface area contributed by atoms with Crippen LogP contribution in [0.15, 0.2) is 36.7 Å². The van der Waals surface area contributed by atoms with Gasteiger partial charge >= 0.3 is 0 Å². The van der Waals surface area contributed by atoms with Crippen LogP contribution in [0.2, 0.25) is 0 Å². The fourth-order valence-corrected chi connectivity index (χ4v) is 3.53. The molecule has 3 heteroatoms. The summed E-state index contributed by atoms with van der Waals surface area (Å²) in [6.45, 7) is 0. The topological polar surface area (TPSA) is 29.9 Å². The molecule has 1 N–H and O–H groups in total. The average Bonchev–Trinajstić information content (AvgIpc) is 2.78. The highest BCUT2D eigenvalue weighted by molar-refractivity contribution is 5.32. The van der Waals surface area contributed by atoms with Gasteiger partial charge in [0, 0.05) is 19.3 Å². The van der Waals surface area contributed by atoms with Crippen molar-refractivity contribution < 1.29 is 0 Å². The van der Waals surface area contributed by atoms with Gasteiger partial charge in [0.05, 0.1) is 6.20 Å². The van der Waals surface area contributed by atoms with E-state index in [0.29, 0.717) is 12.0 Å². The van der Waals surface area contributed by atoms with Crippen LogP contribution < -0.4 is 5.32 Å². The second-order valence-corrected chi connectivity index (χ2v) is 5.84. The first-order valence-corrected chi connectivity index (χ1v) is 7.50. The summed E-state index contributed by atoms with van der Waals surface area (Å²) in [5, 5.41) is 7.85. The number of fused-ring (bicyclic) bond motifs is 1. The van der Waals surface area contributed by atoms with Gasteiger partial charge in [-0.05, 0) is 55.3 Å². The lowest BCUT2D eigenvalue weighted by molar-refractivity contribution is 0.359.